The predicted molar refractivity (Wildman–Crippen MR) is 66.4 cm³/mol. The van der Waals surface area contributed by atoms with Gasteiger partial charge in [0.2, 0.25) is 0 Å². The van der Waals surface area contributed by atoms with Crippen molar-refractivity contribution in [1.82, 2.24) is 4.98 Å². The van der Waals surface area contributed by atoms with Crippen molar-refractivity contribution in [3.63, 3.8) is 0 Å². The molecule has 0 spiro atoms. The lowest BCUT2D eigenvalue weighted by atomic mass is 10.0. The van der Waals surface area contributed by atoms with Crippen molar-refractivity contribution in [3.05, 3.63) is 64.2 Å². The molecule has 0 aliphatic carbocycles. The fourth-order valence-corrected chi connectivity index (χ4v) is 1.66. The molecule has 17 heavy (non-hydrogen) atoms. The van der Waals surface area contributed by atoms with Crippen LogP contribution in [0.2, 0.25) is 5.02 Å². The number of nitrogens with zero attached hydrogens (tertiary/aromatic N) is 1. The minimum Gasteiger partial charge on any atom is -0.319 e. The van der Waals surface area contributed by atoms with Crippen molar-refractivity contribution in [2.24, 2.45) is 5.73 Å². The Bertz CT molecular complexity index is 525. The molecule has 2 nitrogen and oxygen atoms in total. The second kappa shape index (κ2) is 4.82. The SMILES string of the molecule is Cc1ccc(C(N)c2ccc(Cl)cn2)cc1F. The Morgan fingerprint density at radius 3 is 2.65 bits per heavy atom. The van der Waals surface area contributed by atoms with Crippen molar-refractivity contribution in [3.8, 4) is 0 Å². The Hall–Kier alpha value is -1.45. The van der Waals surface area contributed by atoms with Crippen LogP contribution >= 0.6 is 11.6 Å². The van der Waals surface area contributed by atoms with Gasteiger partial charge in [-0.1, -0.05) is 23.7 Å². The quantitative estimate of drug-likeness (QED) is 0.889. The topological polar surface area (TPSA) is 38.9 Å². The molecule has 2 N–H and O–H groups in total. The third kappa shape index (κ3) is 2.62. The lowest BCUT2D eigenvalue weighted by Crippen LogP contribution is -2.13. The number of halogens is 2. The molecule has 0 radical (unpaired) electrons. The molecule has 0 aliphatic rings. The summed E-state index contributed by atoms with van der Waals surface area (Å²) in [5.41, 5.74) is 7.98. The highest BCUT2D eigenvalue weighted by atomic mass is 35.5. The van der Waals surface area contributed by atoms with Crippen LogP contribution < -0.4 is 5.73 Å². The fourth-order valence-electron chi connectivity index (χ4n) is 1.54. The first kappa shape index (κ1) is 12.0. The van der Waals surface area contributed by atoms with Crippen LogP contribution in [0.3, 0.4) is 0 Å². The lowest BCUT2D eigenvalue weighted by molar-refractivity contribution is 0.614. The summed E-state index contributed by atoms with van der Waals surface area (Å²) in [4.78, 5) is 4.13. The monoisotopic (exact) mass is 250 g/mol. The van der Waals surface area contributed by atoms with E-state index in [1.807, 2.05) is 0 Å². The van der Waals surface area contributed by atoms with Crippen molar-refractivity contribution in [2.75, 3.05) is 0 Å². The van der Waals surface area contributed by atoms with Gasteiger partial charge >= 0.3 is 0 Å². The van der Waals surface area contributed by atoms with Gasteiger partial charge in [-0.25, -0.2) is 4.39 Å². The van der Waals surface area contributed by atoms with Gasteiger partial charge in [-0.2, -0.15) is 0 Å². The molecule has 1 unspecified atom stereocenters. The highest BCUT2D eigenvalue weighted by Crippen LogP contribution is 2.20. The Labute approximate surface area is 104 Å². The van der Waals surface area contributed by atoms with E-state index in [2.05, 4.69) is 4.98 Å². The molecule has 0 saturated carbocycles. The van der Waals surface area contributed by atoms with E-state index in [4.69, 9.17) is 17.3 Å². The molecule has 88 valence electrons. The van der Waals surface area contributed by atoms with Crippen molar-refractivity contribution < 1.29 is 4.39 Å². The Kier molecular flexibility index (Phi) is 3.41. The first-order chi connectivity index (χ1) is 8.08. The first-order valence-electron chi connectivity index (χ1n) is 5.21. The zero-order valence-corrected chi connectivity index (χ0v) is 10.1. The molecule has 0 fully saturated rings. The van der Waals surface area contributed by atoms with Gasteiger partial charge in [0.25, 0.3) is 0 Å². The molecule has 2 aromatic rings. The van der Waals surface area contributed by atoms with Gasteiger partial charge in [-0.05, 0) is 36.2 Å². The maximum absolute atomic E-state index is 13.4. The van der Waals surface area contributed by atoms with Crippen LogP contribution in [0.5, 0.6) is 0 Å². The zero-order valence-electron chi connectivity index (χ0n) is 9.32. The number of aryl methyl sites for hydroxylation is 1. The van der Waals surface area contributed by atoms with E-state index in [1.54, 1.807) is 31.2 Å². The molecule has 1 heterocycles. The summed E-state index contributed by atoms with van der Waals surface area (Å²) < 4.78 is 13.4. The predicted octanol–water partition coefficient (Wildman–Crippen LogP) is 3.23. The molecular weight excluding hydrogens is 239 g/mol. The second-order valence-electron chi connectivity index (χ2n) is 3.89. The molecule has 2 rings (SSSR count). The van der Waals surface area contributed by atoms with Crippen molar-refractivity contribution in [2.45, 2.75) is 13.0 Å². The summed E-state index contributed by atoms with van der Waals surface area (Å²) in [6, 6.07) is 7.97. The fraction of sp³-hybridized carbons (Fsp3) is 0.154. The first-order valence-corrected chi connectivity index (χ1v) is 5.59. The minimum absolute atomic E-state index is 0.257. The molecule has 0 aliphatic heterocycles. The summed E-state index contributed by atoms with van der Waals surface area (Å²) in [7, 11) is 0. The molecule has 1 aromatic carbocycles. The van der Waals surface area contributed by atoms with Crippen LogP contribution in [0.1, 0.15) is 22.9 Å². The summed E-state index contributed by atoms with van der Waals surface area (Å²) in [5.74, 6) is -0.257. The molecule has 0 bridgehead atoms. The third-order valence-corrected chi connectivity index (χ3v) is 2.85. The highest BCUT2D eigenvalue weighted by Gasteiger charge is 2.11. The number of nitrogens with two attached hydrogens (primary N) is 1. The normalized spacial score (nSPS) is 12.5. The van der Waals surface area contributed by atoms with Gasteiger partial charge in [-0.3, -0.25) is 4.98 Å². The van der Waals surface area contributed by atoms with Gasteiger partial charge in [0.05, 0.1) is 16.8 Å². The molecule has 4 heteroatoms. The van der Waals surface area contributed by atoms with Crippen LogP contribution in [0.4, 0.5) is 4.39 Å². The van der Waals surface area contributed by atoms with Crippen molar-refractivity contribution >= 4 is 11.6 Å². The summed E-state index contributed by atoms with van der Waals surface area (Å²) in [6.07, 6.45) is 1.53. The number of benzene rings is 1. The maximum atomic E-state index is 13.4. The van der Waals surface area contributed by atoms with E-state index in [-0.39, 0.29) is 5.82 Å². The Morgan fingerprint density at radius 2 is 2.06 bits per heavy atom. The molecular formula is C13H12ClFN2. The standard InChI is InChI=1S/C13H12ClFN2/c1-8-2-3-9(6-11(8)15)13(16)12-5-4-10(14)7-17-12/h2-7,13H,16H2,1H3. The maximum Gasteiger partial charge on any atom is 0.126 e. The van der Waals surface area contributed by atoms with Crippen LogP contribution in [0.25, 0.3) is 0 Å². The highest BCUT2D eigenvalue weighted by molar-refractivity contribution is 6.30. The Balaban J connectivity index is 2.33. The van der Waals surface area contributed by atoms with Gasteiger partial charge in [0.1, 0.15) is 5.82 Å². The van der Waals surface area contributed by atoms with E-state index >= 15 is 0 Å². The van der Waals surface area contributed by atoms with Crippen molar-refractivity contribution in [1.29, 1.82) is 0 Å². The Morgan fingerprint density at radius 1 is 1.29 bits per heavy atom. The van der Waals surface area contributed by atoms with Gasteiger partial charge in [-0.15, -0.1) is 0 Å². The van der Waals surface area contributed by atoms with E-state index < -0.39 is 6.04 Å². The molecule has 0 saturated heterocycles. The minimum atomic E-state index is -0.442. The largest absolute Gasteiger partial charge is 0.319 e. The van der Waals surface area contributed by atoms with Gasteiger partial charge in [0, 0.05) is 6.20 Å². The van der Waals surface area contributed by atoms with E-state index in [9.17, 15) is 4.39 Å². The van der Waals surface area contributed by atoms with E-state index in [1.165, 1.54) is 12.3 Å². The van der Waals surface area contributed by atoms with Gasteiger partial charge in [0.15, 0.2) is 0 Å². The van der Waals surface area contributed by atoms with Crippen LogP contribution in [-0.2, 0) is 0 Å². The average Bonchev–Trinajstić information content (AvgIpc) is 2.33. The molecule has 1 aromatic heterocycles. The molecule has 1 atom stereocenters. The number of rotatable bonds is 2. The van der Waals surface area contributed by atoms with Gasteiger partial charge < -0.3 is 5.73 Å². The summed E-state index contributed by atoms with van der Waals surface area (Å²) in [5, 5.41) is 0.552. The van der Waals surface area contributed by atoms with Crippen LogP contribution in [0, 0.1) is 12.7 Å². The number of aromatic nitrogens is 1. The second-order valence-corrected chi connectivity index (χ2v) is 4.32. The van der Waals surface area contributed by atoms with E-state index in [0.717, 1.165) is 0 Å². The van der Waals surface area contributed by atoms with Crippen LogP contribution in [0.15, 0.2) is 36.5 Å². The number of pyridine rings is 1. The lowest BCUT2D eigenvalue weighted by Gasteiger charge is -2.12. The van der Waals surface area contributed by atoms with E-state index in [0.29, 0.717) is 21.8 Å². The number of hydrogen-bond donors (Lipinski definition) is 1. The summed E-state index contributed by atoms with van der Waals surface area (Å²) in [6.45, 7) is 1.71. The smallest absolute Gasteiger partial charge is 0.126 e. The zero-order chi connectivity index (χ0) is 12.4. The average molecular weight is 251 g/mol. The molecule has 0 amide bonds. The summed E-state index contributed by atoms with van der Waals surface area (Å²) >= 11 is 5.75. The number of hydrogen-bond acceptors (Lipinski definition) is 2. The third-order valence-electron chi connectivity index (χ3n) is 2.62. The van der Waals surface area contributed by atoms with Crippen LogP contribution in [-0.4, -0.2) is 4.98 Å².